The van der Waals surface area contributed by atoms with E-state index in [4.69, 9.17) is 4.74 Å². The van der Waals surface area contributed by atoms with Gasteiger partial charge in [-0.2, -0.15) is 0 Å². The minimum Gasteiger partial charge on any atom is -0.496 e. The molecule has 0 spiro atoms. The van der Waals surface area contributed by atoms with Crippen LogP contribution in [0.15, 0.2) is 18.3 Å². The molecule has 0 saturated carbocycles. The molecule has 0 bridgehead atoms. The minimum absolute atomic E-state index is 0.0394. The lowest BCUT2D eigenvalue weighted by molar-refractivity contribution is -0.121. The minimum atomic E-state index is 0.0394. The van der Waals surface area contributed by atoms with Crippen LogP contribution in [0.25, 0.3) is 11.0 Å². The Balaban J connectivity index is 1.79. The highest BCUT2D eigenvalue weighted by Crippen LogP contribution is 2.26. The summed E-state index contributed by atoms with van der Waals surface area (Å²) in [5, 5.41) is 7.08. The van der Waals surface area contributed by atoms with E-state index in [2.05, 4.69) is 20.6 Å². The molecule has 0 aliphatic rings. The van der Waals surface area contributed by atoms with Gasteiger partial charge in [-0.1, -0.05) is 0 Å². The molecule has 0 unspecified atom stereocenters. The molecule has 2 aromatic heterocycles. The number of hydrogen-bond acceptors (Lipinski definition) is 5. The van der Waals surface area contributed by atoms with Crippen molar-refractivity contribution in [3.8, 4) is 5.75 Å². The van der Waals surface area contributed by atoms with Crippen LogP contribution >= 0.6 is 0 Å². The molecule has 2 heterocycles. The Morgan fingerprint density at radius 3 is 2.95 bits per heavy atom. The summed E-state index contributed by atoms with van der Waals surface area (Å²) in [6.45, 7) is 1.78. The number of ether oxygens (including phenoxy) is 1. The van der Waals surface area contributed by atoms with Crippen molar-refractivity contribution in [3.05, 3.63) is 18.3 Å². The predicted octanol–water partition coefficient (Wildman–Crippen LogP) is 1.05. The van der Waals surface area contributed by atoms with E-state index in [-0.39, 0.29) is 5.91 Å². The second-order valence-corrected chi connectivity index (χ2v) is 5.32. The third kappa shape index (κ3) is 4.36. The number of aromatic nitrogens is 2. The molecular formula is C15H23N5O2. The third-order valence-corrected chi connectivity index (χ3v) is 3.15. The van der Waals surface area contributed by atoms with Crippen LogP contribution in [-0.2, 0) is 4.79 Å². The molecule has 120 valence electrons. The molecule has 0 aromatic carbocycles. The number of nitrogens with zero attached hydrogens (tertiary/aromatic N) is 2. The number of rotatable bonds is 8. The highest BCUT2D eigenvalue weighted by atomic mass is 16.5. The number of fused-ring (bicyclic) bond motifs is 1. The highest BCUT2D eigenvalue weighted by molar-refractivity contribution is 5.84. The molecule has 0 radical (unpaired) electrons. The SMILES string of the molecule is COc1cc(NCCCNC(=O)CN(C)C)nc2[nH]ccc12. The maximum atomic E-state index is 11.5. The lowest BCUT2D eigenvalue weighted by Crippen LogP contribution is -2.34. The summed E-state index contributed by atoms with van der Waals surface area (Å²) in [5.74, 6) is 1.58. The second-order valence-electron chi connectivity index (χ2n) is 5.32. The quantitative estimate of drug-likeness (QED) is 0.635. The van der Waals surface area contributed by atoms with E-state index < -0.39 is 0 Å². The summed E-state index contributed by atoms with van der Waals surface area (Å²) in [4.78, 5) is 20.9. The molecular weight excluding hydrogens is 282 g/mol. The van der Waals surface area contributed by atoms with Gasteiger partial charge in [-0.3, -0.25) is 4.79 Å². The number of hydrogen-bond donors (Lipinski definition) is 3. The number of pyridine rings is 1. The summed E-state index contributed by atoms with van der Waals surface area (Å²) in [6, 6.07) is 3.81. The Morgan fingerprint density at radius 1 is 1.41 bits per heavy atom. The summed E-state index contributed by atoms with van der Waals surface area (Å²) in [7, 11) is 5.39. The van der Waals surface area contributed by atoms with E-state index in [1.165, 1.54) is 0 Å². The highest BCUT2D eigenvalue weighted by Gasteiger charge is 2.07. The number of methoxy groups -OCH3 is 1. The van der Waals surface area contributed by atoms with Crippen molar-refractivity contribution < 1.29 is 9.53 Å². The van der Waals surface area contributed by atoms with Crippen LogP contribution in [0, 0.1) is 0 Å². The van der Waals surface area contributed by atoms with E-state index in [0.29, 0.717) is 13.1 Å². The Morgan fingerprint density at radius 2 is 2.23 bits per heavy atom. The molecule has 0 aliphatic heterocycles. The smallest absolute Gasteiger partial charge is 0.234 e. The predicted molar refractivity (Wildman–Crippen MR) is 87.3 cm³/mol. The largest absolute Gasteiger partial charge is 0.496 e. The van der Waals surface area contributed by atoms with Crippen LogP contribution in [0.5, 0.6) is 5.75 Å². The number of nitrogens with one attached hydrogen (secondary N) is 3. The van der Waals surface area contributed by atoms with Crippen molar-refractivity contribution >= 4 is 22.8 Å². The van der Waals surface area contributed by atoms with Gasteiger partial charge >= 0.3 is 0 Å². The fourth-order valence-electron chi connectivity index (χ4n) is 2.14. The maximum Gasteiger partial charge on any atom is 0.234 e. The second kappa shape index (κ2) is 7.65. The van der Waals surface area contributed by atoms with Crippen LogP contribution in [0.2, 0.25) is 0 Å². The fraction of sp³-hybridized carbons (Fsp3) is 0.467. The van der Waals surface area contributed by atoms with Gasteiger partial charge in [0.2, 0.25) is 5.91 Å². The molecule has 2 rings (SSSR count). The first kappa shape index (κ1) is 16.1. The van der Waals surface area contributed by atoms with Crippen molar-refractivity contribution in [1.82, 2.24) is 20.2 Å². The lowest BCUT2D eigenvalue weighted by Gasteiger charge is -2.11. The van der Waals surface area contributed by atoms with Crippen molar-refractivity contribution in [1.29, 1.82) is 0 Å². The zero-order valence-electron chi connectivity index (χ0n) is 13.3. The van der Waals surface area contributed by atoms with Crippen LogP contribution in [0.1, 0.15) is 6.42 Å². The molecule has 22 heavy (non-hydrogen) atoms. The van der Waals surface area contributed by atoms with E-state index in [1.54, 1.807) is 7.11 Å². The zero-order chi connectivity index (χ0) is 15.9. The molecule has 0 fully saturated rings. The Labute approximate surface area is 130 Å². The fourth-order valence-corrected chi connectivity index (χ4v) is 2.14. The van der Waals surface area contributed by atoms with Gasteiger partial charge in [0.1, 0.15) is 17.2 Å². The standard InChI is InChI=1S/C15H23N5O2/c1-20(2)10-14(21)17-7-4-6-16-13-9-12(22-3)11-5-8-18-15(11)19-13/h5,8-9H,4,6-7,10H2,1-3H3,(H,17,21)(H2,16,18,19). The average Bonchev–Trinajstić information content (AvgIpc) is 2.93. The summed E-state index contributed by atoms with van der Waals surface area (Å²) in [6.07, 6.45) is 2.66. The van der Waals surface area contributed by atoms with Crippen molar-refractivity contribution in [2.24, 2.45) is 0 Å². The van der Waals surface area contributed by atoms with E-state index in [9.17, 15) is 4.79 Å². The first-order valence-corrected chi connectivity index (χ1v) is 7.27. The van der Waals surface area contributed by atoms with Gasteiger partial charge in [0, 0.05) is 25.4 Å². The maximum absolute atomic E-state index is 11.5. The molecule has 0 atom stereocenters. The summed E-state index contributed by atoms with van der Waals surface area (Å²) >= 11 is 0. The van der Waals surface area contributed by atoms with Gasteiger partial charge in [0.15, 0.2) is 0 Å². The topological polar surface area (TPSA) is 82.3 Å². The summed E-state index contributed by atoms with van der Waals surface area (Å²) in [5.41, 5.74) is 0.793. The van der Waals surface area contributed by atoms with Crippen LogP contribution in [0.4, 0.5) is 5.82 Å². The van der Waals surface area contributed by atoms with E-state index >= 15 is 0 Å². The number of anilines is 1. The first-order valence-electron chi connectivity index (χ1n) is 7.27. The van der Waals surface area contributed by atoms with Crippen molar-refractivity contribution in [2.45, 2.75) is 6.42 Å². The number of likely N-dealkylation sites (N-methyl/N-ethyl adjacent to an activating group) is 1. The molecule has 0 aliphatic carbocycles. The summed E-state index contributed by atoms with van der Waals surface area (Å²) < 4.78 is 5.36. The van der Waals surface area contributed by atoms with Gasteiger partial charge in [-0.05, 0) is 26.6 Å². The number of H-pyrrole nitrogens is 1. The number of carbonyl (C=O) groups is 1. The van der Waals surface area contributed by atoms with Crippen molar-refractivity contribution in [3.63, 3.8) is 0 Å². The van der Waals surface area contributed by atoms with Crippen LogP contribution in [0.3, 0.4) is 0 Å². The third-order valence-electron chi connectivity index (χ3n) is 3.15. The number of carbonyl (C=O) groups excluding carboxylic acids is 1. The van der Waals surface area contributed by atoms with Gasteiger partial charge in [-0.25, -0.2) is 4.98 Å². The van der Waals surface area contributed by atoms with Gasteiger partial charge in [0.05, 0.1) is 19.0 Å². The van der Waals surface area contributed by atoms with Gasteiger partial charge in [-0.15, -0.1) is 0 Å². The molecule has 7 nitrogen and oxygen atoms in total. The van der Waals surface area contributed by atoms with Crippen LogP contribution in [-0.4, -0.2) is 61.6 Å². The average molecular weight is 305 g/mol. The first-order chi connectivity index (χ1) is 10.6. The molecule has 1 amide bonds. The Hall–Kier alpha value is -2.28. The van der Waals surface area contributed by atoms with Crippen LogP contribution < -0.4 is 15.4 Å². The molecule has 3 N–H and O–H groups in total. The Kier molecular flexibility index (Phi) is 5.60. The zero-order valence-corrected chi connectivity index (χ0v) is 13.3. The van der Waals surface area contributed by atoms with Gasteiger partial charge in [0.25, 0.3) is 0 Å². The van der Waals surface area contributed by atoms with E-state index in [1.807, 2.05) is 37.3 Å². The monoisotopic (exact) mass is 305 g/mol. The van der Waals surface area contributed by atoms with E-state index in [0.717, 1.165) is 35.6 Å². The molecule has 7 heteroatoms. The molecule has 0 saturated heterocycles. The number of amides is 1. The van der Waals surface area contributed by atoms with Gasteiger partial charge < -0.3 is 25.3 Å². The Bertz CT molecular complexity index is 623. The van der Waals surface area contributed by atoms with Crippen molar-refractivity contribution in [2.75, 3.05) is 46.2 Å². The molecule has 2 aromatic rings. The number of aromatic amines is 1. The normalized spacial score (nSPS) is 10.9. The lowest BCUT2D eigenvalue weighted by atomic mass is 10.3.